The summed E-state index contributed by atoms with van der Waals surface area (Å²) < 4.78 is 12.1. The van der Waals surface area contributed by atoms with E-state index in [9.17, 15) is 9.59 Å². The fourth-order valence-corrected chi connectivity index (χ4v) is 6.16. The number of imide groups is 1. The first kappa shape index (κ1) is 21.3. The Balaban J connectivity index is 1.96. The minimum atomic E-state index is -2.41. The second-order valence-electron chi connectivity index (χ2n) is 9.05. The van der Waals surface area contributed by atoms with Crippen LogP contribution in [0.25, 0.3) is 0 Å². The van der Waals surface area contributed by atoms with E-state index in [1.165, 1.54) is 4.90 Å². The molecule has 29 heavy (non-hydrogen) atoms. The molecule has 2 aromatic rings. The summed E-state index contributed by atoms with van der Waals surface area (Å²) in [5, 5.41) is 1.09. The minimum absolute atomic E-state index is 0.364. The van der Waals surface area contributed by atoms with E-state index in [1.807, 2.05) is 60.7 Å². The van der Waals surface area contributed by atoms with Crippen LogP contribution in [0.4, 0.5) is 4.79 Å². The predicted octanol–water partition coefficient (Wildman–Crippen LogP) is 4.39. The monoisotopic (exact) mass is 411 g/mol. The third-order valence-electron chi connectivity index (χ3n) is 5.07. The van der Waals surface area contributed by atoms with Gasteiger partial charge in [0.2, 0.25) is 8.32 Å². The van der Waals surface area contributed by atoms with Crippen LogP contribution in [0.3, 0.4) is 0 Å². The van der Waals surface area contributed by atoms with Crippen LogP contribution in [-0.4, -0.2) is 36.4 Å². The summed E-state index contributed by atoms with van der Waals surface area (Å²) in [4.78, 5) is 27.2. The number of hydrogen-bond acceptors (Lipinski definition) is 4. The molecule has 154 valence electrons. The topological polar surface area (TPSA) is 55.8 Å². The smallest absolute Gasteiger partial charge is 0.417 e. The molecule has 2 atom stereocenters. The molecule has 0 saturated carbocycles. The Hall–Kier alpha value is -2.44. The maximum Gasteiger partial charge on any atom is 0.417 e. The molecule has 0 radical (unpaired) electrons. The summed E-state index contributed by atoms with van der Waals surface area (Å²) in [5.74, 6) is -0.364. The van der Waals surface area contributed by atoms with Crippen molar-refractivity contribution in [3.05, 3.63) is 66.2 Å². The molecule has 0 aliphatic carbocycles. The van der Waals surface area contributed by atoms with Crippen LogP contribution in [0.2, 0.25) is 13.1 Å². The van der Waals surface area contributed by atoms with Gasteiger partial charge in [-0.2, -0.15) is 0 Å². The lowest BCUT2D eigenvalue weighted by Crippen LogP contribution is -2.73. The van der Waals surface area contributed by atoms with Crippen LogP contribution >= 0.6 is 0 Å². The lowest BCUT2D eigenvalue weighted by molar-refractivity contribution is -0.180. The van der Waals surface area contributed by atoms with Crippen LogP contribution in [0, 0.1) is 0 Å². The fourth-order valence-electron chi connectivity index (χ4n) is 3.78. The van der Waals surface area contributed by atoms with E-state index >= 15 is 0 Å². The molecule has 6 heteroatoms. The average molecular weight is 412 g/mol. The number of benzene rings is 2. The molecule has 1 heterocycles. The highest BCUT2D eigenvalue weighted by molar-refractivity contribution is 6.84. The highest BCUT2D eigenvalue weighted by Crippen LogP contribution is 2.47. The van der Waals surface area contributed by atoms with E-state index in [-0.39, 0.29) is 5.91 Å². The number of rotatable bonds is 4. The van der Waals surface area contributed by atoms with Gasteiger partial charge in [-0.25, -0.2) is 9.69 Å². The molecule has 3 rings (SSSR count). The first-order valence-corrected chi connectivity index (χ1v) is 12.7. The van der Waals surface area contributed by atoms with Gasteiger partial charge in [-0.3, -0.25) is 4.79 Å². The zero-order chi connectivity index (χ0) is 21.4. The number of carbonyl (C=O) groups is 2. The third kappa shape index (κ3) is 4.14. The van der Waals surface area contributed by atoms with E-state index in [0.717, 1.165) is 10.8 Å². The summed E-state index contributed by atoms with van der Waals surface area (Å²) in [6, 6.07) is 18.9. The van der Waals surface area contributed by atoms with E-state index < -0.39 is 31.7 Å². The predicted molar refractivity (Wildman–Crippen MR) is 115 cm³/mol. The van der Waals surface area contributed by atoms with Crippen molar-refractivity contribution in [2.75, 3.05) is 0 Å². The molecule has 5 nitrogen and oxygen atoms in total. The summed E-state index contributed by atoms with van der Waals surface area (Å²) in [6.45, 7) is 11.3. The van der Waals surface area contributed by atoms with Crippen molar-refractivity contribution in [1.29, 1.82) is 0 Å². The average Bonchev–Trinajstić information content (AvgIpc) is 2.65. The summed E-state index contributed by atoms with van der Waals surface area (Å²) in [7, 11) is -2.41. The normalized spacial score (nSPS) is 22.2. The molecular weight excluding hydrogens is 382 g/mol. The van der Waals surface area contributed by atoms with Crippen LogP contribution in [0.1, 0.15) is 39.3 Å². The van der Waals surface area contributed by atoms with Gasteiger partial charge >= 0.3 is 6.09 Å². The number of amides is 2. The molecule has 0 aromatic heterocycles. The highest BCUT2D eigenvalue weighted by atomic mass is 28.4. The Morgan fingerprint density at radius 3 is 2.03 bits per heavy atom. The van der Waals surface area contributed by atoms with Crippen LogP contribution in [-0.2, 0) is 14.0 Å². The summed E-state index contributed by atoms with van der Waals surface area (Å²) >= 11 is 0. The molecule has 1 aliphatic rings. The number of β-lactam (4-membered cyclic amide) rings is 1. The van der Waals surface area contributed by atoms with Gasteiger partial charge in [0, 0.05) is 0 Å². The molecule has 0 spiro atoms. The molecule has 0 bridgehead atoms. The van der Waals surface area contributed by atoms with Gasteiger partial charge in [-0.1, -0.05) is 60.7 Å². The SMILES string of the molecule is CC(C)(C)OC(=O)N1C(=O)[C@](C)(O[Si](C)(C)c2ccccc2)[C@@H]1c1ccccc1. The van der Waals surface area contributed by atoms with E-state index in [0.29, 0.717) is 0 Å². The van der Waals surface area contributed by atoms with Crippen molar-refractivity contribution >= 4 is 25.5 Å². The van der Waals surface area contributed by atoms with Crippen molar-refractivity contribution in [1.82, 2.24) is 4.90 Å². The second-order valence-corrected chi connectivity index (χ2v) is 12.9. The van der Waals surface area contributed by atoms with Crippen molar-refractivity contribution in [2.24, 2.45) is 0 Å². The van der Waals surface area contributed by atoms with Crippen molar-refractivity contribution in [2.45, 2.75) is 58.0 Å². The molecule has 1 aliphatic heterocycles. The van der Waals surface area contributed by atoms with Gasteiger partial charge in [0.05, 0.1) is 0 Å². The van der Waals surface area contributed by atoms with Gasteiger partial charge in [0.15, 0.2) is 5.60 Å². The lowest BCUT2D eigenvalue weighted by atomic mass is 9.80. The molecule has 0 N–H and O–H groups in total. The molecular formula is C23H29NO4Si. The van der Waals surface area contributed by atoms with Gasteiger partial charge in [0.1, 0.15) is 11.6 Å². The van der Waals surface area contributed by atoms with Crippen LogP contribution in [0.5, 0.6) is 0 Å². The summed E-state index contributed by atoms with van der Waals surface area (Å²) in [5.41, 5.74) is -0.980. The molecule has 1 saturated heterocycles. The maximum absolute atomic E-state index is 13.2. The lowest BCUT2D eigenvalue weighted by Gasteiger charge is -2.54. The number of ether oxygens (including phenoxy) is 1. The largest absolute Gasteiger partial charge is 0.443 e. The molecule has 2 aromatic carbocycles. The standard InChI is InChI=1S/C23H29NO4Si/c1-22(2,3)27-21(26)24-19(17-13-9-7-10-14-17)23(4,20(24)25)28-29(5,6)18-15-11-8-12-16-18/h7-16,19H,1-6H3/t19-,23+/m0/s1. The van der Waals surface area contributed by atoms with Crippen LogP contribution < -0.4 is 5.19 Å². The van der Waals surface area contributed by atoms with E-state index in [4.69, 9.17) is 9.16 Å². The molecule has 0 unspecified atom stereocenters. The second kappa shape index (κ2) is 7.43. The Labute approximate surface area is 173 Å². The Kier molecular flexibility index (Phi) is 5.45. The first-order chi connectivity index (χ1) is 13.5. The quantitative estimate of drug-likeness (QED) is 0.553. The van der Waals surface area contributed by atoms with E-state index in [2.05, 4.69) is 13.1 Å². The van der Waals surface area contributed by atoms with Gasteiger partial charge in [-0.15, -0.1) is 0 Å². The van der Waals surface area contributed by atoms with Crippen molar-refractivity contribution in [3.63, 3.8) is 0 Å². The van der Waals surface area contributed by atoms with Crippen molar-refractivity contribution in [3.8, 4) is 0 Å². The zero-order valence-electron chi connectivity index (χ0n) is 17.9. The van der Waals surface area contributed by atoms with Crippen LogP contribution in [0.15, 0.2) is 60.7 Å². The molecule has 2 amide bonds. The first-order valence-electron chi connectivity index (χ1n) is 9.83. The zero-order valence-corrected chi connectivity index (χ0v) is 18.9. The highest BCUT2D eigenvalue weighted by Gasteiger charge is 2.64. The maximum atomic E-state index is 13.2. The molecule has 1 fully saturated rings. The number of likely N-dealkylation sites (tertiary alicyclic amines) is 1. The van der Waals surface area contributed by atoms with Gasteiger partial charge < -0.3 is 9.16 Å². The Morgan fingerprint density at radius 2 is 1.52 bits per heavy atom. The number of carbonyl (C=O) groups excluding carboxylic acids is 2. The number of nitrogens with zero attached hydrogens (tertiary/aromatic N) is 1. The Bertz CT molecular complexity index is 892. The van der Waals surface area contributed by atoms with Gasteiger partial charge in [0.25, 0.3) is 5.91 Å². The third-order valence-corrected chi connectivity index (χ3v) is 7.72. The van der Waals surface area contributed by atoms with E-state index in [1.54, 1.807) is 27.7 Å². The fraction of sp³-hybridized carbons (Fsp3) is 0.391. The Morgan fingerprint density at radius 1 is 1.00 bits per heavy atom. The summed E-state index contributed by atoms with van der Waals surface area (Å²) in [6.07, 6.45) is -0.642. The van der Waals surface area contributed by atoms with Gasteiger partial charge in [-0.05, 0) is 51.5 Å². The number of hydrogen-bond donors (Lipinski definition) is 0. The minimum Gasteiger partial charge on any atom is -0.443 e. The van der Waals surface area contributed by atoms with Crippen molar-refractivity contribution < 1.29 is 18.8 Å².